The van der Waals surface area contributed by atoms with Crippen molar-refractivity contribution >= 4 is 22.0 Å². The first-order valence-electron chi connectivity index (χ1n) is 6.39. The Kier molecular flexibility index (Phi) is 4.62. The number of aromatic nitrogens is 2. The smallest absolute Gasteiger partial charge is 0.408 e. The fourth-order valence-corrected chi connectivity index (χ4v) is 1.99. The molecule has 1 amide bonds. The van der Waals surface area contributed by atoms with Gasteiger partial charge in [-0.25, -0.2) is 4.79 Å². The summed E-state index contributed by atoms with van der Waals surface area (Å²) in [6, 6.07) is 7.53. The van der Waals surface area contributed by atoms with Gasteiger partial charge in [-0.1, -0.05) is 17.3 Å². The number of hydrogen-bond donors (Lipinski definition) is 1. The summed E-state index contributed by atoms with van der Waals surface area (Å²) < 4.78 is 11.2. The van der Waals surface area contributed by atoms with Crippen molar-refractivity contribution in [3.05, 3.63) is 34.6 Å². The molecule has 0 radical (unpaired) electrons. The third-order valence-corrected chi connectivity index (χ3v) is 3.05. The number of amides is 1. The highest BCUT2D eigenvalue weighted by Gasteiger charge is 2.17. The van der Waals surface area contributed by atoms with Crippen molar-refractivity contribution in [2.75, 3.05) is 0 Å². The van der Waals surface area contributed by atoms with Gasteiger partial charge in [0.15, 0.2) is 5.82 Å². The molecule has 0 aliphatic rings. The molecule has 0 aliphatic heterocycles. The van der Waals surface area contributed by atoms with Crippen LogP contribution in [0.15, 0.2) is 33.3 Å². The van der Waals surface area contributed by atoms with Crippen molar-refractivity contribution in [1.29, 1.82) is 0 Å². The molecule has 0 unspecified atom stereocenters. The molecule has 1 aromatic carbocycles. The molecule has 6 nitrogen and oxygen atoms in total. The summed E-state index contributed by atoms with van der Waals surface area (Å²) in [5, 5.41) is 6.40. The number of nitrogens with one attached hydrogen (secondary N) is 1. The average Bonchev–Trinajstić information content (AvgIpc) is 2.83. The van der Waals surface area contributed by atoms with Crippen LogP contribution in [-0.4, -0.2) is 21.8 Å². The molecule has 0 spiro atoms. The van der Waals surface area contributed by atoms with E-state index in [9.17, 15) is 4.79 Å². The number of hydrogen-bond acceptors (Lipinski definition) is 5. The number of carbonyl (C=O) groups excluding carboxylic acids is 1. The standard InChI is InChI=1S/C14H16BrN3O3/c1-14(2,3)20-13(19)16-8-11-17-12(21-18-11)9-6-4-5-7-10(9)15/h4-7H,8H2,1-3H3,(H,16,19). The van der Waals surface area contributed by atoms with E-state index in [-0.39, 0.29) is 6.54 Å². The largest absolute Gasteiger partial charge is 0.444 e. The van der Waals surface area contributed by atoms with Gasteiger partial charge in [0.2, 0.25) is 0 Å². The normalized spacial score (nSPS) is 11.2. The van der Waals surface area contributed by atoms with E-state index in [2.05, 4.69) is 31.4 Å². The Balaban J connectivity index is 1.98. The predicted molar refractivity (Wildman–Crippen MR) is 80.5 cm³/mol. The second-order valence-electron chi connectivity index (χ2n) is 5.35. The Morgan fingerprint density at radius 3 is 2.76 bits per heavy atom. The lowest BCUT2D eigenvalue weighted by atomic mass is 10.2. The second-order valence-corrected chi connectivity index (χ2v) is 6.21. The molecule has 2 rings (SSSR count). The minimum absolute atomic E-state index is 0.142. The number of carbonyl (C=O) groups is 1. The zero-order chi connectivity index (χ0) is 15.5. The van der Waals surface area contributed by atoms with Gasteiger partial charge < -0.3 is 14.6 Å². The molecule has 1 heterocycles. The van der Waals surface area contributed by atoms with Gasteiger partial charge in [0, 0.05) is 4.47 Å². The number of alkyl carbamates (subject to hydrolysis) is 1. The maximum atomic E-state index is 11.5. The molecule has 0 atom stereocenters. The molecule has 1 N–H and O–H groups in total. The average molecular weight is 354 g/mol. The van der Waals surface area contributed by atoms with E-state index in [4.69, 9.17) is 9.26 Å². The van der Waals surface area contributed by atoms with E-state index in [1.807, 2.05) is 24.3 Å². The van der Waals surface area contributed by atoms with Crippen molar-refractivity contribution in [3.8, 4) is 11.5 Å². The highest BCUT2D eigenvalue weighted by Crippen LogP contribution is 2.26. The van der Waals surface area contributed by atoms with Crippen LogP contribution >= 0.6 is 15.9 Å². The summed E-state index contributed by atoms with van der Waals surface area (Å²) in [7, 11) is 0. The van der Waals surface area contributed by atoms with Crippen molar-refractivity contribution < 1.29 is 14.1 Å². The van der Waals surface area contributed by atoms with Crippen LogP contribution in [0.5, 0.6) is 0 Å². The third kappa shape index (κ3) is 4.56. The van der Waals surface area contributed by atoms with Gasteiger partial charge in [-0.2, -0.15) is 4.98 Å². The lowest BCUT2D eigenvalue weighted by molar-refractivity contribution is 0.0522. The van der Waals surface area contributed by atoms with Crippen molar-refractivity contribution in [3.63, 3.8) is 0 Å². The van der Waals surface area contributed by atoms with Crippen LogP contribution in [0.3, 0.4) is 0 Å². The van der Waals surface area contributed by atoms with E-state index in [0.29, 0.717) is 11.7 Å². The van der Waals surface area contributed by atoms with Gasteiger partial charge in [0.05, 0.1) is 12.1 Å². The van der Waals surface area contributed by atoms with E-state index < -0.39 is 11.7 Å². The zero-order valence-electron chi connectivity index (χ0n) is 12.0. The quantitative estimate of drug-likeness (QED) is 0.913. The molecule has 0 saturated carbocycles. The maximum absolute atomic E-state index is 11.5. The molecule has 0 aliphatic carbocycles. The predicted octanol–water partition coefficient (Wildman–Crippen LogP) is 3.52. The summed E-state index contributed by atoms with van der Waals surface area (Å²) in [5.41, 5.74) is 0.259. The molecule has 7 heteroatoms. The second kappa shape index (κ2) is 6.26. The van der Waals surface area contributed by atoms with Crippen molar-refractivity contribution in [2.24, 2.45) is 0 Å². The number of ether oxygens (including phenoxy) is 1. The first-order chi connectivity index (χ1) is 9.85. The number of benzene rings is 1. The Bertz CT molecular complexity index is 634. The van der Waals surface area contributed by atoms with Crippen molar-refractivity contribution in [2.45, 2.75) is 32.9 Å². The molecule has 0 fully saturated rings. The lowest BCUT2D eigenvalue weighted by Crippen LogP contribution is -2.32. The van der Waals surface area contributed by atoms with Crippen LogP contribution in [0.2, 0.25) is 0 Å². The highest BCUT2D eigenvalue weighted by atomic mass is 79.9. The van der Waals surface area contributed by atoms with Crippen molar-refractivity contribution in [1.82, 2.24) is 15.5 Å². The monoisotopic (exact) mass is 353 g/mol. The van der Waals surface area contributed by atoms with E-state index >= 15 is 0 Å². The van der Waals surface area contributed by atoms with Crippen LogP contribution < -0.4 is 5.32 Å². The summed E-state index contributed by atoms with van der Waals surface area (Å²) in [6.07, 6.45) is -0.519. The SMILES string of the molecule is CC(C)(C)OC(=O)NCc1noc(-c2ccccc2Br)n1. The van der Waals surface area contributed by atoms with Gasteiger partial charge >= 0.3 is 6.09 Å². The molecule has 1 aromatic heterocycles. The van der Waals surface area contributed by atoms with Crippen LogP contribution in [0.1, 0.15) is 26.6 Å². The topological polar surface area (TPSA) is 77.2 Å². The first kappa shape index (κ1) is 15.5. The van der Waals surface area contributed by atoms with E-state index in [0.717, 1.165) is 10.0 Å². The molecule has 112 valence electrons. The van der Waals surface area contributed by atoms with Gasteiger partial charge in [-0.15, -0.1) is 0 Å². The Morgan fingerprint density at radius 2 is 2.10 bits per heavy atom. The van der Waals surface area contributed by atoms with E-state index in [1.165, 1.54) is 0 Å². The number of rotatable bonds is 3. The Hall–Kier alpha value is -1.89. The minimum atomic E-state index is -0.540. The van der Waals surface area contributed by atoms with Crippen LogP contribution in [-0.2, 0) is 11.3 Å². The molecule has 2 aromatic rings. The fraction of sp³-hybridized carbons (Fsp3) is 0.357. The first-order valence-corrected chi connectivity index (χ1v) is 7.19. The van der Waals surface area contributed by atoms with Gasteiger partial charge in [-0.3, -0.25) is 0 Å². The minimum Gasteiger partial charge on any atom is -0.444 e. The molecule has 0 saturated heterocycles. The molecular weight excluding hydrogens is 338 g/mol. The van der Waals surface area contributed by atoms with E-state index in [1.54, 1.807) is 20.8 Å². The van der Waals surface area contributed by atoms with Crippen LogP contribution in [0, 0.1) is 0 Å². The Labute approximate surface area is 131 Å². The van der Waals surface area contributed by atoms with Gasteiger partial charge in [0.1, 0.15) is 5.60 Å². The molecule has 0 bridgehead atoms. The summed E-state index contributed by atoms with van der Waals surface area (Å²) in [4.78, 5) is 15.8. The fourth-order valence-electron chi connectivity index (χ4n) is 1.54. The van der Waals surface area contributed by atoms with Gasteiger partial charge in [0.25, 0.3) is 5.89 Å². The number of nitrogens with zero attached hydrogens (tertiary/aromatic N) is 2. The third-order valence-electron chi connectivity index (χ3n) is 2.36. The van der Waals surface area contributed by atoms with Crippen LogP contribution in [0.25, 0.3) is 11.5 Å². The molecule has 21 heavy (non-hydrogen) atoms. The zero-order valence-corrected chi connectivity index (χ0v) is 13.6. The maximum Gasteiger partial charge on any atom is 0.408 e. The highest BCUT2D eigenvalue weighted by molar-refractivity contribution is 9.10. The lowest BCUT2D eigenvalue weighted by Gasteiger charge is -2.19. The number of halogens is 1. The van der Waals surface area contributed by atoms with Crippen LogP contribution in [0.4, 0.5) is 4.79 Å². The van der Waals surface area contributed by atoms with Gasteiger partial charge in [-0.05, 0) is 48.8 Å². The molecular formula is C14H16BrN3O3. The Morgan fingerprint density at radius 1 is 1.38 bits per heavy atom. The summed E-state index contributed by atoms with van der Waals surface area (Å²) >= 11 is 3.42. The summed E-state index contributed by atoms with van der Waals surface area (Å²) in [5.74, 6) is 0.773. The summed E-state index contributed by atoms with van der Waals surface area (Å²) in [6.45, 7) is 5.53.